The molecule has 9 nitrogen and oxygen atoms in total. The monoisotopic (exact) mass is 591 g/mol. The van der Waals surface area contributed by atoms with Gasteiger partial charge in [0.1, 0.15) is 16.9 Å². The van der Waals surface area contributed by atoms with Crippen molar-refractivity contribution in [1.29, 1.82) is 0 Å². The summed E-state index contributed by atoms with van der Waals surface area (Å²) in [5, 5.41) is 7.07. The molecule has 0 saturated carbocycles. The van der Waals surface area contributed by atoms with E-state index in [2.05, 4.69) is 42.5 Å². The zero-order valence-electron chi connectivity index (χ0n) is 24.1. The number of rotatable bonds is 3. The molecule has 0 amide bonds. The van der Waals surface area contributed by atoms with Crippen LogP contribution in [0.1, 0.15) is 0 Å². The summed E-state index contributed by atoms with van der Waals surface area (Å²) in [5.41, 5.74) is 4.87. The summed E-state index contributed by atoms with van der Waals surface area (Å²) < 4.78 is 3.93. The zero-order valence-corrected chi connectivity index (χ0v) is 24.1. The molecule has 0 fully saturated rings. The fourth-order valence-corrected chi connectivity index (χ4v) is 6.63. The smallest absolute Gasteiger partial charge is 0.242 e. The van der Waals surface area contributed by atoms with Crippen molar-refractivity contribution in [2.45, 2.75) is 0 Å². The Morgan fingerprint density at radius 3 is 1.65 bits per heavy atom. The molecule has 0 bridgehead atoms. The van der Waals surface area contributed by atoms with Crippen molar-refractivity contribution in [2.24, 2.45) is 0 Å². The molecule has 3 aromatic carbocycles. The predicted molar refractivity (Wildman–Crippen MR) is 180 cm³/mol. The lowest BCUT2D eigenvalue weighted by molar-refractivity contribution is 0.880. The molecule has 7 heterocycles. The van der Waals surface area contributed by atoms with E-state index in [1.165, 1.54) is 0 Å². The zero-order chi connectivity index (χ0) is 30.2. The number of nitrogens with zero attached hydrogens (tertiary/aromatic N) is 9. The van der Waals surface area contributed by atoms with Crippen LogP contribution >= 0.6 is 0 Å². The van der Waals surface area contributed by atoms with Gasteiger partial charge in [0.05, 0.1) is 11.0 Å². The van der Waals surface area contributed by atoms with Crippen molar-refractivity contribution in [1.82, 2.24) is 44.0 Å². The van der Waals surface area contributed by atoms with E-state index in [0.717, 1.165) is 59.9 Å². The summed E-state index contributed by atoms with van der Waals surface area (Å²) in [6, 6.07) is 34.6. The highest BCUT2D eigenvalue weighted by atomic mass is 15.3. The van der Waals surface area contributed by atoms with Crippen molar-refractivity contribution >= 4 is 65.7 Å². The lowest BCUT2D eigenvalue weighted by Gasteiger charge is -2.13. The van der Waals surface area contributed by atoms with Gasteiger partial charge in [0, 0.05) is 62.7 Å². The average Bonchev–Trinajstić information content (AvgIpc) is 3.64. The van der Waals surface area contributed by atoms with E-state index in [4.69, 9.17) is 34.9 Å². The van der Waals surface area contributed by atoms with Crippen molar-refractivity contribution in [3.63, 3.8) is 0 Å². The number of pyridine rings is 4. The third-order valence-corrected chi connectivity index (χ3v) is 8.59. The highest BCUT2D eigenvalue weighted by Crippen LogP contribution is 2.35. The van der Waals surface area contributed by atoms with Gasteiger partial charge in [0.2, 0.25) is 11.9 Å². The van der Waals surface area contributed by atoms with Gasteiger partial charge in [-0.15, -0.1) is 0 Å². The van der Waals surface area contributed by atoms with Gasteiger partial charge in [-0.3, -0.25) is 9.55 Å². The molecule has 46 heavy (non-hydrogen) atoms. The summed E-state index contributed by atoms with van der Waals surface area (Å²) in [7, 11) is 0. The van der Waals surface area contributed by atoms with E-state index in [9.17, 15) is 0 Å². The van der Waals surface area contributed by atoms with E-state index >= 15 is 0 Å². The van der Waals surface area contributed by atoms with Crippen LogP contribution in [0.5, 0.6) is 0 Å². The summed E-state index contributed by atoms with van der Waals surface area (Å²) in [6.07, 6.45) is 7.17. The second-order valence-electron chi connectivity index (χ2n) is 11.1. The van der Waals surface area contributed by atoms with E-state index < -0.39 is 0 Å². The Kier molecular flexibility index (Phi) is 5.09. The normalized spacial score (nSPS) is 11.9. The molecule has 0 atom stereocenters. The third kappa shape index (κ3) is 3.47. The molecule has 0 aliphatic heterocycles. The second-order valence-corrected chi connectivity index (χ2v) is 11.1. The van der Waals surface area contributed by atoms with Crippen molar-refractivity contribution in [2.75, 3.05) is 0 Å². The first kappa shape index (κ1) is 24.8. The van der Waals surface area contributed by atoms with Gasteiger partial charge in [-0.25, -0.2) is 19.5 Å². The SMILES string of the molecule is c1ccc2c(c1)cc(-c1nc(-n3c4ccccc4c4cccnc43)nc(-n3c4ncccc4c4cccnc43)n1)c1cccnc12. The minimum Gasteiger partial charge on any atom is -0.262 e. The Hall–Kier alpha value is -6.61. The van der Waals surface area contributed by atoms with Crippen LogP contribution in [0, 0.1) is 0 Å². The van der Waals surface area contributed by atoms with Crippen molar-refractivity contribution in [3.05, 3.63) is 128 Å². The molecular formula is C37H21N9. The average molecular weight is 592 g/mol. The van der Waals surface area contributed by atoms with Crippen LogP contribution in [0.2, 0.25) is 0 Å². The molecule has 0 N–H and O–H groups in total. The first-order valence-electron chi connectivity index (χ1n) is 14.9. The summed E-state index contributed by atoms with van der Waals surface area (Å²) in [5.74, 6) is 1.36. The van der Waals surface area contributed by atoms with Crippen molar-refractivity contribution < 1.29 is 0 Å². The van der Waals surface area contributed by atoms with Gasteiger partial charge >= 0.3 is 0 Å². The summed E-state index contributed by atoms with van der Waals surface area (Å²) >= 11 is 0. The highest BCUT2D eigenvalue weighted by Gasteiger charge is 2.22. The molecule has 0 saturated heterocycles. The Bertz CT molecular complexity index is 2590. The Labute approximate surface area is 260 Å². The van der Waals surface area contributed by atoms with E-state index in [1.54, 1.807) is 18.6 Å². The summed E-state index contributed by atoms with van der Waals surface area (Å²) in [4.78, 5) is 34.7. The number of benzene rings is 3. The van der Waals surface area contributed by atoms with Crippen LogP contribution < -0.4 is 0 Å². The quantitative estimate of drug-likeness (QED) is 0.195. The molecule has 10 aromatic rings. The van der Waals surface area contributed by atoms with Crippen LogP contribution in [0.4, 0.5) is 0 Å². The number of fused-ring (bicyclic) bond motifs is 9. The molecular weight excluding hydrogens is 570 g/mol. The number of hydrogen-bond donors (Lipinski definition) is 0. The maximum atomic E-state index is 5.19. The number of aromatic nitrogens is 9. The first-order valence-corrected chi connectivity index (χ1v) is 14.9. The van der Waals surface area contributed by atoms with Crippen LogP contribution in [0.15, 0.2) is 128 Å². The van der Waals surface area contributed by atoms with E-state index in [-0.39, 0.29) is 0 Å². The Morgan fingerprint density at radius 1 is 0.413 bits per heavy atom. The predicted octanol–water partition coefficient (Wildman–Crippen LogP) is 7.62. The molecule has 0 radical (unpaired) electrons. The van der Waals surface area contributed by atoms with Gasteiger partial charge in [-0.05, 0) is 60.0 Å². The molecule has 10 rings (SSSR count). The molecule has 0 aliphatic carbocycles. The van der Waals surface area contributed by atoms with Crippen molar-refractivity contribution in [3.8, 4) is 23.3 Å². The molecule has 0 unspecified atom stereocenters. The van der Waals surface area contributed by atoms with Gasteiger partial charge < -0.3 is 0 Å². The minimum atomic E-state index is 0.407. The minimum absolute atomic E-state index is 0.407. The lowest BCUT2D eigenvalue weighted by Crippen LogP contribution is -2.11. The van der Waals surface area contributed by atoms with Gasteiger partial charge in [-0.2, -0.15) is 15.0 Å². The molecule has 7 aromatic heterocycles. The maximum Gasteiger partial charge on any atom is 0.242 e. The molecule has 9 heteroatoms. The van der Waals surface area contributed by atoms with E-state index in [1.807, 2.05) is 76.0 Å². The second kappa shape index (κ2) is 9.44. The third-order valence-electron chi connectivity index (χ3n) is 8.59. The summed E-state index contributed by atoms with van der Waals surface area (Å²) in [6.45, 7) is 0. The largest absolute Gasteiger partial charge is 0.262 e. The molecule has 214 valence electrons. The van der Waals surface area contributed by atoms with Crippen LogP contribution in [-0.4, -0.2) is 44.0 Å². The molecule has 0 aliphatic rings. The van der Waals surface area contributed by atoms with E-state index in [0.29, 0.717) is 29.0 Å². The number of hydrogen-bond acceptors (Lipinski definition) is 7. The van der Waals surface area contributed by atoms with Gasteiger partial charge in [0.15, 0.2) is 5.82 Å². The first-order chi connectivity index (χ1) is 22.8. The Morgan fingerprint density at radius 2 is 0.935 bits per heavy atom. The van der Waals surface area contributed by atoms with Crippen LogP contribution in [-0.2, 0) is 0 Å². The topological polar surface area (TPSA) is 100 Å². The lowest BCUT2D eigenvalue weighted by atomic mass is 10.0. The van der Waals surface area contributed by atoms with Gasteiger partial charge in [0.25, 0.3) is 0 Å². The molecule has 0 spiro atoms. The Balaban J connectivity index is 1.37. The fraction of sp³-hybridized carbons (Fsp3) is 0. The fourth-order valence-electron chi connectivity index (χ4n) is 6.63. The van der Waals surface area contributed by atoms with Crippen LogP contribution in [0.3, 0.4) is 0 Å². The number of para-hydroxylation sites is 1. The van der Waals surface area contributed by atoms with Gasteiger partial charge in [-0.1, -0.05) is 48.5 Å². The van der Waals surface area contributed by atoms with Crippen LogP contribution in [0.25, 0.3) is 89.0 Å². The maximum absolute atomic E-state index is 5.19. The highest BCUT2D eigenvalue weighted by molar-refractivity contribution is 6.12. The standard InChI is InChI=1S/C37H21N9/c1-2-10-23-22(9-1)21-29(25-12-5-17-38-31(23)25)32-42-36(45-30-16-4-3-11-24(30)26-13-6-18-39-33(26)45)44-37(43-32)46-34-27(14-7-19-40-34)28-15-8-20-41-35(28)46/h1-21H.